The van der Waals surface area contributed by atoms with Crippen LogP contribution in [0, 0.1) is 5.82 Å². The zero-order chi connectivity index (χ0) is 25.3. The molecule has 2 aromatic carbocycles. The first-order valence-corrected chi connectivity index (χ1v) is 12.4. The number of allylic oxidation sites excluding steroid dienone is 1. The molecule has 2 aromatic heterocycles. The van der Waals surface area contributed by atoms with Gasteiger partial charge in [0.1, 0.15) is 39.1 Å². The minimum atomic E-state index is -4.29. The summed E-state index contributed by atoms with van der Waals surface area (Å²) in [6.45, 7) is 1.26. The van der Waals surface area contributed by atoms with Gasteiger partial charge in [-0.05, 0) is 43.3 Å². The average Bonchev–Trinajstić information content (AvgIpc) is 3.46. The fourth-order valence-corrected chi connectivity index (χ4v) is 5.39. The highest BCUT2D eigenvalue weighted by atomic mass is 32.2. The van der Waals surface area contributed by atoms with E-state index in [2.05, 4.69) is 14.4 Å². The molecular formula is C23H19FN4O5S2. The first-order valence-electron chi connectivity index (χ1n) is 10.1. The first-order chi connectivity index (χ1) is 16.6. The number of nitrogens with one attached hydrogen (secondary N) is 1. The molecular weight excluding hydrogens is 495 g/mol. The van der Waals surface area contributed by atoms with Crippen LogP contribution >= 0.6 is 11.3 Å². The summed E-state index contributed by atoms with van der Waals surface area (Å²) >= 11 is 0.604. The van der Waals surface area contributed by atoms with Crippen molar-refractivity contribution in [2.75, 3.05) is 0 Å². The number of sulfonamides is 1. The number of hydrogen-bond acceptors (Lipinski definition) is 7. The highest BCUT2D eigenvalue weighted by molar-refractivity contribution is 7.92. The summed E-state index contributed by atoms with van der Waals surface area (Å²) in [6, 6.07) is 14.4. The quantitative estimate of drug-likeness (QED) is 0.0966. The van der Waals surface area contributed by atoms with Gasteiger partial charge in [-0.15, -0.1) is 15.7 Å². The molecule has 0 saturated carbocycles. The minimum absolute atomic E-state index is 0.0205. The highest BCUT2D eigenvalue weighted by Gasteiger charge is 2.27. The topological polar surface area (TPSA) is 159 Å². The molecule has 1 atom stereocenters. The number of ketones is 1. The number of halogens is 1. The first kappa shape index (κ1) is 24.3. The Morgan fingerprint density at radius 1 is 1.17 bits per heavy atom. The van der Waals surface area contributed by atoms with Gasteiger partial charge in [0.15, 0.2) is 0 Å². The van der Waals surface area contributed by atoms with Gasteiger partial charge in [0.2, 0.25) is 5.78 Å². The second-order valence-corrected chi connectivity index (χ2v) is 10.4. The van der Waals surface area contributed by atoms with Crippen molar-refractivity contribution in [1.82, 2.24) is 9.97 Å². The lowest BCUT2D eigenvalue weighted by atomic mass is 10.0. The number of fused-ring (bicyclic) bond motifs is 1. The molecule has 0 spiro atoms. The maximum atomic E-state index is 13.8. The smallest absolute Gasteiger partial charge is 0.293 e. The van der Waals surface area contributed by atoms with Gasteiger partial charge in [0.05, 0.1) is 15.9 Å². The van der Waals surface area contributed by atoms with E-state index >= 15 is 0 Å². The fraction of sp³-hybridized carbons (Fsp3) is 0.0870. The van der Waals surface area contributed by atoms with Crippen LogP contribution in [0.25, 0.3) is 22.4 Å². The van der Waals surface area contributed by atoms with Crippen molar-refractivity contribution in [2.24, 2.45) is 10.1 Å². The molecule has 12 heteroatoms. The number of Topliss-reactive ketones (excluding diaryl/α,β-unsaturated/α-hetero) is 1. The second kappa shape index (κ2) is 9.41. The van der Waals surface area contributed by atoms with Gasteiger partial charge in [-0.3, -0.25) is 4.79 Å². The Morgan fingerprint density at radius 3 is 2.60 bits per heavy atom. The van der Waals surface area contributed by atoms with Gasteiger partial charge >= 0.3 is 0 Å². The number of H-pyrrole nitrogens is 1. The van der Waals surface area contributed by atoms with Crippen molar-refractivity contribution in [2.45, 2.75) is 17.2 Å². The zero-order valence-corrected chi connectivity index (χ0v) is 19.8. The van der Waals surface area contributed by atoms with Crippen molar-refractivity contribution >= 4 is 55.3 Å². The number of carbonyl (C=O) groups excluding carboxylic acids is 1. The number of aromatic nitrogens is 2. The Labute approximate surface area is 203 Å². The summed E-state index contributed by atoms with van der Waals surface area (Å²) in [5.41, 5.74) is 6.34. The molecule has 0 aliphatic heterocycles. The Hall–Kier alpha value is -3.87. The molecule has 0 amide bonds. The second-order valence-electron chi connectivity index (χ2n) is 7.45. The SMILES string of the molecule is C[C@@H](O)C(N)=NS(=O)(=O)c1ccc(C(=O)C(=C(O)c2cccc(F)c2)c2nc3ccccc3[nH]2)s1. The lowest BCUT2D eigenvalue weighted by molar-refractivity contribution is 0.105. The Bertz CT molecular complexity index is 1570. The lowest BCUT2D eigenvalue weighted by Crippen LogP contribution is -2.26. The van der Waals surface area contributed by atoms with E-state index in [4.69, 9.17) is 5.73 Å². The van der Waals surface area contributed by atoms with E-state index in [1.165, 1.54) is 37.3 Å². The number of para-hydroxylation sites is 2. The molecule has 4 rings (SSSR count). The number of aromatic amines is 1. The number of aliphatic hydroxyl groups is 2. The van der Waals surface area contributed by atoms with E-state index in [1.54, 1.807) is 24.3 Å². The summed E-state index contributed by atoms with van der Waals surface area (Å²) in [6.07, 6.45) is -1.28. The number of aliphatic hydroxyl groups excluding tert-OH is 2. The number of imidazole rings is 1. The largest absolute Gasteiger partial charge is 0.506 e. The maximum absolute atomic E-state index is 13.8. The fourth-order valence-electron chi connectivity index (χ4n) is 3.14. The van der Waals surface area contributed by atoms with Crippen molar-refractivity contribution in [3.63, 3.8) is 0 Å². The normalized spacial score (nSPS) is 14.1. The summed E-state index contributed by atoms with van der Waals surface area (Å²) in [4.78, 5) is 20.8. The molecule has 0 unspecified atom stereocenters. The van der Waals surface area contributed by atoms with E-state index in [0.29, 0.717) is 22.4 Å². The monoisotopic (exact) mass is 514 g/mol. The zero-order valence-electron chi connectivity index (χ0n) is 18.1. The van der Waals surface area contributed by atoms with Crippen LogP contribution in [0.3, 0.4) is 0 Å². The number of carbonyl (C=O) groups is 1. The molecule has 0 aliphatic carbocycles. The number of rotatable bonds is 7. The third-order valence-corrected chi connectivity index (χ3v) is 7.76. The standard InChI is InChI=1S/C23H19FN4O5S2/c1-12(29)22(25)28-35(32,33)18-10-9-17(34-18)21(31)19(20(30)13-5-4-6-14(24)11-13)23-26-15-7-2-3-8-16(15)27-23/h2-12,29-30H,1H3,(H2,25,28)(H,26,27)/t12-/m1/s1. The average molecular weight is 515 g/mol. The van der Waals surface area contributed by atoms with Crippen LogP contribution < -0.4 is 5.73 Å². The Kier molecular flexibility index (Phi) is 6.52. The molecule has 0 aliphatic rings. The van der Waals surface area contributed by atoms with Crippen LogP contribution in [-0.4, -0.2) is 46.3 Å². The van der Waals surface area contributed by atoms with Gasteiger partial charge in [0, 0.05) is 5.56 Å². The van der Waals surface area contributed by atoms with E-state index in [0.717, 1.165) is 6.07 Å². The van der Waals surface area contributed by atoms with Gasteiger partial charge in [0.25, 0.3) is 10.0 Å². The number of nitrogens with zero attached hydrogens (tertiary/aromatic N) is 2. The summed E-state index contributed by atoms with van der Waals surface area (Å²) in [7, 11) is -4.29. The summed E-state index contributed by atoms with van der Waals surface area (Å²) in [5, 5.41) is 20.4. The van der Waals surface area contributed by atoms with Crippen LogP contribution in [-0.2, 0) is 10.0 Å². The lowest BCUT2D eigenvalue weighted by Gasteiger charge is -2.08. The number of amidine groups is 1. The highest BCUT2D eigenvalue weighted by Crippen LogP contribution is 2.32. The van der Waals surface area contributed by atoms with Crippen LogP contribution in [0.2, 0.25) is 0 Å². The Balaban J connectivity index is 1.84. The van der Waals surface area contributed by atoms with Gasteiger partial charge < -0.3 is 20.9 Å². The number of hydrogen-bond donors (Lipinski definition) is 4. The molecule has 0 radical (unpaired) electrons. The van der Waals surface area contributed by atoms with Crippen LogP contribution in [0.15, 0.2) is 69.3 Å². The molecule has 0 saturated heterocycles. The predicted molar refractivity (Wildman–Crippen MR) is 131 cm³/mol. The number of benzene rings is 2. The predicted octanol–water partition coefficient (Wildman–Crippen LogP) is 3.50. The van der Waals surface area contributed by atoms with Crippen LogP contribution in [0.5, 0.6) is 0 Å². The van der Waals surface area contributed by atoms with E-state index in [-0.39, 0.29) is 26.0 Å². The van der Waals surface area contributed by atoms with Crippen molar-refractivity contribution in [1.29, 1.82) is 0 Å². The summed E-state index contributed by atoms with van der Waals surface area (Å²) in [5.74, 6) is -2.39. The molecule has 35 heavy (non-hydrogen) atoms. The van der Waals surface area contributed by atoms with Crippen LogP contribution in [0.4, 0.5) is 4.39 Å². The molecule has 0 fully saturated rings. The Morgan fingerprint density at radius 2 is 1.91 bits per heavy atom. The number of nitrogens with two attached hydrogens (primary N) is 1. The molecule has 4 aromatic rings. The molecule has 5 N–H and O–H groups in total. The van der Waals surface area contributed by atoms with E-state index < -0.39 is 39.3 Å². The molecule has 9 nitrogen and oxygen atoms in total. The molecule has 180 valence electrons. The van der Waals surface area contributed by atoms with Crippen molar-refractivity contribution < 1.29 is 27.8 Å². The third kappa shape index (κ3) is 4.99. The van der Waals surface area contributed by atoms with Crippen LogP contribution in [0.1, 0.15) is 28.0 Å². The van der Waals surface area contributed by atoms with Gasteiger partial charge in [-0.1, -0.05) is 24.3 Å². The van der Waals surface area contributed by atoms with Crippen molar-refractivity contribution in [3.8, 4) is 0 Å². The maximum Gasteiger partial charge on any atom is 0.293 e. The van der Waals surface area contributed by atoms with E-state index in [9.17, 15) is 27.8 Å². The number of thiophene rings is 1. The van der Waals surface area contributed by atoms with Crippen molar-refractivity contribution in [3.05, 3.63) is 82.7 Å². The van der Waals surface area contributed by atoms with E-state index in [1.807, 2.05) is 0 Å². The van der Waals surface area contributed by atoms with Gasteiger partial charge in [-0.25, -0.2) is 9.37 Å². The third-order valence-electron chi connectivity index (χ3n) is 4.90. The summed E-state index contributed by atoms with van der Waals surface area (Å²) < 4.78 is 42.0. The molecule has 0 bridgehead atoms. The van der Waals surface area contributed by atoms with Gasteiger partial charge in [-0.2, -0.15) is 8.42 Å². The molecule has 2 heterocycles. The minimum Gasteiger partial charge on any atom is -0.506 e.